The van der Waals surface area contributed by atoms with Gasteiger partial charge in [-0.15, -0.1) is 10.2 Å². The van der Waals surface area contributed by atoms with Crippen LogP contribution in [0.25, 0.3) is 11.3 Å². The smallest absolute Gasteiger partial charge is 0.416 e. The summed E-state index contributed by atoms with van der Waals surface area (Å²) in [6.07, 6.45) is -2.43. The molecule has 220 valence electrons. The van der Waals surface area contributed by atoms with Crippen LogP contribution in [0.4, 0.5) is 19.0 Å². The number of nitrogens with one attached hydrogen (secondary N) is 1. The number of rotatable bonds is 11. The monoisotopic (exact) mass is 572 g/mol. The molecule has 1 fully saturated rings. The molecule has 2 N–H and O–H groups in total. The number of esters is 1. The van der Waals surface area contributed by atoms with Crippen LogP contribution in [0.3, 0.4) is 0 Å². The van der Waals surface area contributed by atoms with Crippen LogP contribution in [0, 0.1) is 6.92 Å². The van der Waals surface area contributed by atoms with E-state index in [0.29, 0.717) is 55.7 Å². The molecule has 1 aliphatic rings. The second-order valence-electron chi connectivity index (χ2n) is 10.0. The van der Waals surface area contributed by atoms with Gasteiger partial charge in [-0.3, -0.25) is 4.79 Å². The number of phenols is 1. The molecule has 1 aliphatic heterocycles. The van der Waals surface area contributed by atoms with Crippen LogP contribution in [0.2, 0.25) is 0 Å². The van der Waals surface area contributed by atoms with Crippen molar-refractivity contribution in [1.29, 1.82) is 0 Å². The van der Waals surface area contributed by atoms with Crippen LogP contribution in [-0.4, -0.2) is 58.5 Å². The van der Waals surface area contributed by atoms with Gasteiger partial charge in [0.05, 0.1) is 31.8 Å². The molecule has 1 atom stereocenters. The van der Waals surface area contributed by atoms with Crippen molar-refractivity contribution < 1.29 is 32.5 Å². The number of hydrogen-bond donors (Lipinski definition) is 2. The number of halogens is 3. The maximum atomic E-state index is 13.2. The largest absolute Gasteiger partial charge is 0.507 e. The van der Waals surface area contributed by atoms with Crippen LogP contribution in [-0.2, 0) is 33.7 Å². The number of carbonyl (C=O) groups excluding carboxylic acids is 1. The first-order valence-corrected chi connectivity index (χ1v) is 13.7. The SMILES string of the molecule is CCOC(=O)CCN1CCC[C@@H](Nc2nnc(-c3ccc(C(F)(F)F)cc3O)c(C)c2COCc2ccccc2)C1. The van der Waals surface area contributed by atoms with Gasteiger partial charge in [0.15, 0.2) is 5.82 Å². The Balaban J connectivity index is 1.56. The Morgan fingerprint density at radius 3 is 2.63 bits per heavy atom. The molecule has 2 aromatic carbocycles. The molecular formula is C30H35F3N4O4. The summed E-state index contributed by atoms with van der Waals surface area (Å²) in [5.74, 6) is -0.231. The molecular weight excluding hydrogens is 537 g/mol. The third kappa shape index (κ3) is 8.17. The lowest BCUT2D eigenvalue weighted by Gasteiger charge is -2.33. The Bertz CT molecular complexity index is 1320. The number of piperidine rings is 1. The van der Waals surface area contributed by atoms with Crippen LogP contribution in [0.1, 0.15) is 48.4 Å². The fraction of sp³-hybridized carbons (Fsp3) is 0.433. The van der Waals surface area contributed by atoms with Gasteiger partial charge in [0, 0.05) is 30.3 Å². The van der Waals surface area contributed by atoms with Crippen molar-refractivity contribution in [3.05, 3.63) is 70.8 Å². The first kappa shape index (κ1) is 30.3. The van der Waals surface area contributed by atoms with E-state index in [1.165, 1.54) is 6.07 Å². The highest BCUT2D eigenvalue weighted by molar-refractivity contribution is 5.72. The van der Waals surface area contributed by atoms with E-state index < -0.39 is 17.5 Å². The minimum Gasteiger partial charge on any atom is -0.507 e. The number of anilines is 1. The molecule has 0 bridgehead atoms. The van der Waals surface area contributed by atoms with Crippen molar-refractivity contribution in [2.45, 2.75) is 58.5 Å². The molecule has 1 aromatic heterocycles. The molecule has 0 saturated carbocycles. The molecule has 0 radical (unpaired) electrons. The average molecular weight is 573 g/mol. The Morgan fingerprint density at radius 2 is 1.93 bits per heavy atom. The van der Waals surface area contributed by atoms with Crippen molar-refractivity contribution in [3.8, 4) is 17.0 Å². The molecule has 4 rings (SSSR count). The zero-order valence-corrected chi connectivity index (χ0v) is 23.2. The van der Waals surface area contributed by atoms with Gasteiger partial charge in [-0.05, 0) is 62.6 Å². The maximum absolute atomic E-state index is 13.2. The fourth-order valence-electron chi connectivity index (χ4n) is 4.91. The number of nitrogens with zero attached hydrogens (tertiary/aromatic N) is 3. The van der Waals surface area contributed by atoms with E-state index in [9.17, 15) is 23.1 Å². The van der Waals surface area contributed by atoms with E-state index in [1.807, 2.05) is 30.3 Å². The van der Waals surface area contributed by atoms with Crippen LogP contribution < -0.4 is 5.32 Å². The molecule has 41 heavy (non-hydrogen) atoms. The standard InChI is InChI=1S/C30H35F3N4O4/c1-3-41-27(39)13-15-37-14-7-10-23(17-37)34-29-25(19-40-18-21-8-5-4-6-9-21)20(2)28(35-36-29)24-12-11-22(16-26(24)38)30(31,32)33/h4-6,8-9,11-12,16,23,38H,3,7,10,13-15,17-19H2,1-2H3,(H,34,36)/t23-/m1/s1. The van der Waals surface area contributed by atoms with Crippen molar-refractivity contribution in [1.82, 2.24) is 15.1 Å². The van der Waals surface area contributed by atoms with Crippen LogP contribution >= 0.6 is 0 Å². The Hall–Kier alpha value is -3.70. The van der Waals surface area contributed by atoms with E-state index >= 15 is 0 Å². The van der Waals surface area contributed by atoms with Gasteiger partial charge in [-0.2, -0.15) is 13.2 Å². The summed E-state index contributed by atoms with van der Waals surface area (Å²) in [5.41, 5.74) is 1.82. The number of ether oxygens (including phenoxy) is 2. The molecule has 3 aromatic rings. The molecule has 8 nitrogen and oxygen atoms in total. The van der Waals surface area contributed by atoms with Crippen molar-refractivity contribution in [3.63, 3.8) is 0 Å². The topological polar surface area (TPSA) is 96.8 Å². The number of hydrogen-bond acceptors (Lipinski definition) is 8. The predicted molar refractivity (Wildman–Crippen MR) is 148 cm³/mol. The Kier molecular flexibility index (Phi) is 10.2. The van der Waals surface area contributed by atoms with Crippen LogP contribution in [0.15, 0.2) is 48.5 Å². The minimum absolute atomic E-state index is 0.0397. The lowest BCUT2D eigenvalue weighted by atomic mass is 10.00. The van der Waals surface area contributed by atoms with Gasteiger partial charge in [0.25, 0.3) is 0 Å². The maximum Gasteiger partial charge on any atom is 0.416 e. The number of phenolic OH excluding ortho intramolecular Hbond substituents is 1. The van der Waals surface area contributed by atoms with Crippen LogP contribution in [0.5, 0.6) is 5.75 Å². The molecule has 0 amide bonds. The number of likely N-dealkylation sites (tertiary alicyclic amines) is 1. The first-order valence-electron chi connectivity index (χ1n) is 13.7. The number of aromatic hydroxyl groups is 1. The Labute approximate surface area is 237 Å². The highest BCUT2D eigenvalue weighted by Gasteiger charge is 2.32. The summed E-state index contributed by atoms with van der Waals surface area (Å²) in [5, 5.41) is 22.7. The lowest BCUT2D eigenvalue weighted by Crippen LogP contribution is -2.43. The number of alkyl halides is 3. The molecule has 0 spiro atoms. The third-order valence-corrected chi connectivity index (χ3v) is 7.07. The predicted octanol–water partition coefficient (Wildman–Crippen LogP) is 5.72. The molecule has 11 heteroatoms. The molecule has 1 saturated heterocycles. The number of aromatic nitrogens is 2. The third-order valence-electron chi connectivity index (χ3n) is 7.07. The molecule has 0 unspecified atom stereocenters. The van der Waals surface area contributed by atoms with Crippen molar-refractivity contribution in [2.24, 2.45) is 0 Å². The lowest BCUT2D eigenvalue weighted by molar-refractivity contribution is -0.143. The zero-order chi connectivity index (χ0) is 29.4. The second kappa shape index (κ2) is 13.8. The van der Waals surface area contributed by atoms with Gasteiger partial charge < -0.3 is 24.8 Å². The first-order chi connectivity index (χ1) is 19.7. The number of carbonyl (C=O) groups is 1. The van der Waals surface area contributed by atoms with Gasteiger partial charge in [0.2, 0.25) is 0 Å². The quantitative estimate of drug-likeness (QED) is 0.282. The van der Waals surface area contributed by atoms with E-state index in [-0.39, 0.29) is 29.9 Å². The van der Waals surface area contributed by atoms with E-state index in [0.717, 1.165) is 31.0 Å². The summed E-state index contributed by atoms with van der Waals surface area (Å²) in [4.78, 5) is 14.0. The summed E-state index contributed by atoms with van der Waals surface area (Å²) < 4.78 is 50.6. The average Bonchev–Trinajstić information content (AvgIpc) is 2.94. The minimum atomic E-state index is -4.58. The number of benzene rings is 2. The summed E-state index contributed by atoms with van der Waals surface area (Å²) in [7, 11) is 0. The zero-order valence-electron chi connectivity index (χ0n) is 23.2. The van der Waals surface area contributed by atoms with Gasteiger partial charge >= 0.3 is 12.1 Å². The summed E-state index contributed by atoms with van der Waals surface area (Å²) >= 11 is 0. The Morgan fingerprint density at radius 1 is 1.15 bits per heavy atom. The van der Waals surface area contributed by atoms with E-state index in [4.69, 9.17) is 9.47 Å². The highest BCUT2D eigenvalue weighted by Crippen LogP contribution is 2.38. The normalized spacial score (nSPS) is 16.0. The van der Waals surface area contributed by atoms with Gasteiger partial charge in [-0.25, -0.2) is 0 Å². The van der Waals surface area contributed by atoms with Gasteiger partial charge in [-0.1, -0.05) is 30.3 Å². The molecule has 0 aliphatic carbocycles. The van der Waals surface area contributed by atoms with Crippen molar-refractivity contribution >= 4 is 11.8 Å². The summed E-state index contributed by atoms with van der Waals surface area (Å²) in [6.45, 7) is 6.64. The molecule has 2 heterocycles. The second-order valence-corrected chi connectivity index (χ2v) is 10.0. The van der Waals surface area contributed by atoms with E-state index in [2.05, 4.69) is 20.4 Å². The highest BCUT2D eigenvalue weighted by atomic mass is 19.4. The summed E-state index contributed by atoms with van der Waals surface area (Å²) in [6, 6.07) is 12.5. The van der Waals surface area contributed by atoms with Gasteiger partial charge in [0.1, 0.15) is 11.4 Å². The van der Waals surface area contributed by atoms with E-state index in [1.54, 1.807) is 13.8 Å². The van der Waals surface area contributed by atoms with Crippen molar-refractivity contribution in [2.75, 3.05) is 31.6 Å². The fourth-order valence-corrected chi connectivity index (χ4v) is 4.91.